The maximum atomic E-state index is 13.1. The molecule has 1 atom stereocenters. The predicted octanol–water partition coefficient (Wildman–Crippen LogP) is 3.28. The van der Waals surface area contributed by atoms with Crippen molar-refractivity contribution in [2.24, 2.45) is 11.1 Å². The van der Waals surface area contributed by atoms with Gasteiger partial charge in [-0.1, -0.05) is 28.9 Å². The van der Waals surface area contributed by atoms with E-state index in [2.05, 4.69) is 22.5 Å². The molecular formula is C12H15BrFN. The minimum atomic E-state index is -0.234. The third-order valence-electron chi connectivity index (χ3n) is 2.49. The highest BCUT2D eigenvalue weighted by molar-refractivity contribution is 9.10. The Balaban J connectivity index is 2.93. The maximum Gasteiger partial charge on any atom is 0.124 e. The number of benzene rings is 1. The van der Waals surface area contributed by atoms with E-state index in [1.807, 2.05) is 19.1 Å². The van der Waals surface area contributed by atoms with Crippen molar-refractivity contribution in [3.8, 4) is 0 Å². The summed E-state index contributed by atoms with van der Waals surface area (Å²) >= 11 is 3.27. The van der Waals surface area contributed by atoms with E-state index in [0.29, 0.717) is 13.0 Å². The molecule has 0 saturated heterocycles. The Hall–Kier alpha value is -0.670. The predicted molar refractivity (Wildman–Crippen MR) is 65.2 cm³/mol. The SMILES string of the molecule is C=CC(C)(CN)Cc1cc(F)cc(Br)c1. The van der Waals surface area contributed by atoms with Gasteiger partial charge in [0, 0.05) is 16.4 Å². The zero-order valence-corrected chi connectivity index (χ0v) is 10.3. The lowest BCUT2D eigenvalue weighted by atomic mass is 9.84. The van der Waals surface area contributed by atoms with Crippen LogP contribution in [-0.2, 0) is 6.42 Å². The van der Waals surface area contributed by atoms with Gasteiger partial charge in [-0.3, -0.25) is 0 Å². The van der Waals surface area contributed by atoms with Crippen molar-refractivity contribution >= 4 is 15.9 Å². The smallest absolute Gasteiger partial charge is 0.124 e. The van der Waals surface area contributed by atoms with E-state index < -0.39 is 0 Å². The summed E-state index contributed by atoms with van der Waals surface area (Å²) in [6.07, 6.45) is 2.52. The quantitative estimate of drug-likeness (QED) is 0.836. The third kappa shape index (κ3) is 3.43. The van der Waals surface area contributed by atoms with Crippen molar-refractivity contribution in [1.29, 1.82) is 0 Å². The van der Waals surface area contributed by atoms with Gasteiger partial charge in [-0.2, -0.15) is 0 Å². The van der Waals surface area contributed by atoms with Crippen LogP contribution in [0.1, 0.15) is 12.5 Å². The first kappa shape index (κ1) is 12.4. The molecule has 3 heteroatoms. The van der Waals surface area contributed by atoms with Gasteiger partial charge in [0.25, 0.3) is 0 Å². The van der Waals surface area contributed by atoms with Crippen LogP contribution < -0.4 is 5.73 Å². The molecule has 1 rings (SSSR count). The summed E-state index contributed by atoms with van der Waals surface area (Å²) in [5.74, 6) is -0.234. The summed E-state index contributed by atoms with van der Waals surface area (Å²) in [5.41, 5.74) is 6.42. The average Bonchev–Trinajstić information content (AvgIpc) is 2.16. The molecule has 1 aromatic rings. The number of halogens is 2. The van der Waals surface area contributed by atoms with E-state index >= 15 is 0 Å². The first-order chi connectivity index (χ1) is 6.99. The molecule has 0 aromatic heterocycles. The minimum absolute atomic E-state index is 0.173. The van der Waals surface area contributed by atoms with Gasteiger partial charge in [-0.05, 0) is 30.2 Å². The highest BCUT2D eigenvalue weighted by Gasteiger charge is 2.19. The van der Waals surface area contributed by atoms with E-state index in [-0.39, 0.29) is 11.2 Å². The number of nitrogens with two attached hydrogens (primary N) is 1. The largest absolute Gasteiger partial charge is 0.330 e. The molecule has 15 heavy (non-hydrogen) atoms. The molecule has 82 valence electrons. The summed E-state index contributed by atoms with van der Waals surface area (Å²) in [7, 11) is 0. The molecule has 1 unspecified atom stereocenters. The fourth-order valence-electron chi connectivity index (χ4n) is 1.41. The van der Waals surface area contributed by atoms with Gasteiger partial charge in [-0.25, -0.2) is 4.39 Å². The summed E-state index contributed by atoms with van der Waals surface area (Å²) in [4.78, 5) is 0. The molecule has 0 spiro atoms. The van der Waals surface area contributed by atoms with Crippen LogP contribution in [0, 0.1) is 11.2 Å². The Morgan fingerprint density at radius 3 is 2.67 bits per heavy atom. The van der Waals surface area contributed by atoms with Crippen molar-refractivity contribution in [3.63, 3.8) is 0 Å². The fourth-order valence-corrected chi connectivity index (χ4v) is 1.92. The van der Waals surface area contributed by atoms with Gasteiger partial charge in [0.1, 0.15) is 5.82 Å². The standard InChI is InChI=1S/C12H15BrFN/c1-3-12(2,8-15)7-9-4-10(13)6-11(14)5-9/h3-6H,1,7-8,15H2,2H3. The molecule has 0 radical (unpaired) electrons. The summed E-state index contributed by atoms with van der Waals surface area (Å²) in [5, 5.41) is 0. The first-order valence-corrected chi connectivity index (χ1v) is 5.57. The first-order valence-electron chi connectivity index (χ1n) is 4.78. The van der Waals surface area contributed by atoms with Crippen LogP contribution in [-0.4, -0.2) is 6.54 Å². The molecule has 0 bridgehead atoms. The van der Waals surface area contributed by atoms with E-state index in [1.165, 1.54) is 12.1 Å². The van der Waals surface area contributed by atoms with Crippen molar-refractivity contribution in [1.82, 2.24) is 0 Å². The van der Waals surface area contributed by atoms with Crippen LogP contribution in [0.5, 0.6) is 0 Å². The zero-order chi connectivity index (χ0) is 11.5. The number of hydrogen-bond acceptors (Lipinski definition) is 1. The lowest BCUT2D eigenvalue weighted by Gasteiger charge is -2.23. The maximum absolute atomic E-state index is 13.1. The molecule has 0 aliphatic heterocycles. The second kappa shape index (κ2) is 4.90. The third-order valence-corrected chi connectivity index (χ3v) is 2.95. The van der Waals surface area contributed by atoms with Gasteiger partial charge in [-0.15, -0.1) is 6.58 Å². The Labute approximate surface area is 98.3 Å². The Morgan fingerprint density at radius 1 is 1.53 bits per heavy atom. The van der Waals surface area contributed by atoms with Crippen LogP contribution in [0.4, 0.5) is 4.39 Å². The van der Waals surface area contributed by atoms with Crippen LogP contribution in [0.15, 0.2) is 35.3 Å². The second-order valence-electron chi connectivity index (χ2n) is 4.02. The molecule has 0 amide bonds. The normalized spacial score (nSPS) is 14.7. The lowest BCUT2D eigenvalue weighted by Crippen LogP contribution is -2.27. The molecule has 0 saturated carbocycles. The summed E-state index contributed by atoms with van der Waals surface area (Å²) in [6.45, 7) is 6.28. The fraction of sp³-hybridized carbons (Fsp3) is 0.333. The molecule has 0 fully saturated rings. The molecule has 1 nitrogen and oxygen atoms in total. The summed E-state index contributed by atoms with van der Waals surface area (Å²) in [6, 6.07) is 4.87. The van der Waals surface area contributed by atoms with Gasteiger partial charge in [0.05, 0.1) is 0 Å². The summed E-state index contributed by atoms with van der Waals surface area (Å²) < 4.78 is 13.9. The Kier molecular flexibility index (Phi) is 4.05. The average molecular weight is 272 g/mol. The molecule has 2 N–H and O–H groups in total. The second-order valence-corrected chi connectivity index (χ2v) is 4.93. The molecule has 0 aliphatic rings. The van der Waals surface area contributed by atoms with E-state index in [1.54, 1.807) is 0 Å². The Bertz CT molecular complexity index is 344. The van der Waals surface area contributed by atoms with Gasteiger partial charge >= 0.3 is 0 Å². The minimum Gasteiger partial charge on any atom is -0.330 e. The molecular weight excluding hydrogens is 257 g/mol. The molecule has 0 heterocycles. The molecule has 0 aliphatic carbocycles. The monoisotopic (exact) mass is 271 g/mol. The highest BCUT2D eigenvalue weighted by Crippen LogP contribution is 2.25. The van der Waals surface area contributed by atoms with E-state index in [4.69, 9.17) is 5.73 Å². The van der Waals surface area contributed by atoms with Gasteiger partial charge < -0.3 is 5.73 Å². The number of rotatable bonds is 4. The van der Waals surface area contributed by atoms with Gasteiger partial charge in [0.2, 0.25) is 0 Å². The van der Waals surface area contributed by atoms with E-state index in [0.717, 1.165) is 10.0 Å². The Morgan fingerprint density at radius 2 is 2.20 bits per heavy atom. The van der Waals surface area contributed by atoms with Gasteiger partial charge in [0.15, 0.2) is 0 Å². The van der Waals surface area contributed by atoms with Crippen LogP contribution in [0.2, 0.25) is 0 Å². The number of hydrogen-bond donors (Lipinski definition) is 1. The molecule has 1 aromatic carbocycles. The van der Waals surface area contributed by atoms with Crippen molar-refractivity contribution in [2.75, 3.05) is 6.54 Å². The topological polar surface area (TPSA) is 26.0 Å². The highest BCUT2D eigenvalue weighted by atomic mass is 79.9. The van der Waals surface area contributed by atoms with Crippen LogP contribution in [0.3, 0.4) is 0 Å². The van der Waals surface area contributed by atoms with E-state index in [9.17, 15) is 4.39 Å². The van der Waals surface area contributed by atoms with Crippen molar-refractivity contribution in [3.05, 3.63) is 46.7 Å². The van der Waals surface area contributed by atoms with Crippen LogP contribution >= 0.6 is 15.9 Å². The lowest BCUT2D eigenvalue weighted by molar-refractivity contribution is 0.438. The zero-order valence-electron chi connectivity index (χ0n) is 8.76. The van der Waals surface area contributed by atoms with Crippen molar-refractivity contribution in [2.45, 2.75) is 13.3 Å². The van der Waals surface area contributed by atoms with Crippen LogP contribution in [0.25, 0.3) is 0 Å². The van der Waals surface area contributed by atoms with Crippen molar-refractivity contribution < 1.29 is 4.39 Å².